The average Bonchev–Trinajstić information content (AvgIpc) is 2.60. The smallest absolute Gasteiger partial charge is 0.334 e. The molecule has 6 nitrogen and oxygen atoms in total. The molecule has 0 bridgehead atoms. The van der Waals surface area contributed by atoms with Crippen LogP contribution in [0.4, 0.5) is 0 Å². The van der Waals surface area contributed by atoms with Crippen molar-refractivity contribution >= 4 is 27.8 Å². The SMILES string of the molecule is O=C(NC[C@H](O)C(=O)O)c1ccc(Br)o1. The zero-order valence-electron chi connectivity index (χ0n) is 7.44. The van der Waals surface area contributed by atoms with E-state index in [1.54, 1.807) is 0 Å². The molecule has 1 rings (SSSR count). The number of aliphatic hydroxyl groups excluding tert-OH is 1. The molecule has 0 aliphatic rings. The molecule has 0 spiro atoms. The van der Waals surface area contributed by atoms with Gasteiger partial charge in [0.1, 0.15) is 0 Å². The number of amides is 1. The molecule has 0 saturated heterocycles. The average molecular weight is 278 g/mol. The molecule has 82 valence electrons. The molecule has 1 heterocycles. The maximum Gasteiger partial charge on any atom is 0.334 e. The molecule has 0 aliphatic carbocycles. The van der Waals surface area contributed by atoms with Crippen molar-refractivity contribution < 1.29 is 24.2 Å². The summed E-state index contributed by atoms with van der Waals surface area (Å²) < 4.78 is 5.31. The van der Waals surface area contributed by atoms with E-state index < -0.39 is 18.0 Å². The topological polar surface area (TPSA) is 99.8 Å². The summed E-state index contributed by atoms with van der Waals surface area (Å²) in [6, 6.07) is 2.95. The van der Waals surface area contributed by atoms with Gasteiger partial charge in [-0.25, -0.2) is 4.79 Å². The van der Waals surface area contributed by atoms with Crippen LogP contribution in [-0.4, -0.2) is 34.7 Å². The van der Waals surface area contributed by atoms with Crippen LogP contribution in [0.5, 0.6) is 0 Å². The minimum Gasteiger partial charge on any atom is -0.479 e. The van der Waals surface area contributed by atoms with Crippen LogP contribution in [0.2, 0.25) is 0 Å². The zero-order chi connectivity index (χ0) is 11.4. The molecule has 1 aromatic heterocycles. The highest BCUT2D eigenvalue weighted by Gasteiger charge is 2.16. The molecule has 0 aliphatic heterocycles. The number of hydrogen-bond acceptors (Lipinski definition) is 4. The van der Waals surface area contributed by atoms with E-state index in [4.69, 9.17) is 14.6 Å². The highest BCUT2D eigenvalue weighted by molar-refractivity contribution is 9.10. The Kier molecular flexibility index (Phi) is 3.87. The van der Waals surface area contributed by atoms with Gasteiger partial charge >= 0.3 is 5.97 Å². The standard InChI is InChI=1S/C8H8BrNO5/c9-6-2-1-5(15-6)7(12)10-3-4(11)8(13)14/h1-2,4,11H,3H2,(H,10,12)(H,13,14)/t4-/m0/s1. The predicted molar refractivity (Wildman–Crippen MR) is 52.4 cm³/mol. The Morgan fingerprint density at radius 1 is 1.53 bits per heavy atom. The second-order valence-electron chi connectivity index (χ2n) is 2.67. The second-order valence-corrected chi connectivity index (χ2v) is 3.45. The Bertz CT molecular complexity index is 375. The quantitative estimate of drug-likeness (QED) is 0.731. The number of hydrogen-bond donors (Lipinski definition) is 3. The number of nitrogens with one attached hydrogen (secondary N) is 1. The molecule has 7 heteroatoms. The van der Waals surface area contributed by atoms with Crippen molar-refractivity contribution in [3.63, 3.8) is 0 Å². The molecule has 3 N–H and O–H groups in total. The van der Waals surface area contributed by atoms with E-state index in [0.717, 1.165) is 0 Å². The molecule has 0 fully saturated rings. The Morgan fingerprint density at radius 2 is 2.20 bits per heavy atom. The van der Waals surface area contributed by atoms with Crippen LogP contribution in [-0.2, 0) is 4.79 Å². The van der Waals surface area contributed by atoms with Crippen molar-refractivity contribution in [2.24, 2.45) is 0 Å². The molecule has 0 aromatic carbocycles. The number of aliphatic hydroxyl groups is 1. The third-order valence-electron chi connectivity index (χ3n) is 1.54. The van der Waals surface area contributed by atoms with Crippen LogP contribution < -0.4 is 5.32 Å². The predicted octanol–water partition coefficient (Wildman–Crippen LogP) is 0.217. The third-order valence-corrected chi connectivity index (χ3v) is 1.96. The van der Waals surface area contributed by atoms with Crippen LogP contribution in [0, 0.1) is 0 Å². The van der Waals surface area contributed by atoms with Crippen molar-refractivity contribution in [1.82, 2.24) is 5.32 Å². The first-order chi connectivity index (χ1) is 7.00. The lowest BCUT2D eigenvalue weighted by Crippen LogP contribution is -2.36. The third kappa shape index (κ3) is 3.37. The Balaban J connectivity index is 2.47. The van der Waals surface area contributed by atoms with E-state index in [0.29, 0.717) is 4.67 Å². The van der Waals surface area contributed by atoms with Crippen LogP contribution in [0.3, 0.4) is 0 Å². The van der Waals surface area contributed by atoms with Crippen LogP contribution in [0.1, 0.15) is 10.6 Å². The Hall–Kier alpha value is -1.34. The number of halogens is 1. The first kappa shape index (κ1) is 11.7. The Morgan fingerprint density at radius 3 is 2.67 bits per heavy atom. The number of carboxylic acid groups (broad SMARTS) is 1. The first-order valence-electron chi connectivity index (χ1n) is 3.95. The lowest BCUT2D eigenvalue weighted by molar-refractivity contribution is -0.146. The van der Waals surface area contributed by atoms with E-state index in [1.165, 1.54) is 12.1 Å². The zero-order valence-corrected chi connectivity index (χ0v) is 9.02. The largest absolute Gasteiger partial charge is 0.479 e. The van der Waals surface area contributed by atoms with Gasteiger partial charge in [-0.15, -0.1) is 0 Å². The van der Waals surface area contributed by atoms with Crippen molar-refractivity contribution in [1.29, 1.82) is 0 Å². The number of carbonyl (C=O) groups is 2. The second kappa shape index (κ2) is 4.94. The molecule has 1 atom stereocenters. The monoisotopic (exact) mass is 277 g/mol. The minimum atomic E-state index is -1.62. The van der Waals surface area contributed by atoms with Gasteiger partial charge in [0.05, 0.1) is 6.54 Å². The van der Waals surface area contributed by atoms with Crippen molar-refractivity contribution in [3.05, 3.63) is 22.6 Å². The van der Waals surface area contributed by atoms with E-state index in [2.05, 4.69) is 21.2 Å². The van der Waals surface area contributed by atoms with Crippen LogP contribution in [0.25, 0.3) is 0 Å². The molecule has 1 amide bonds. The molecule has 1 aromatic rings. The fraction of sp³-hybridized carbons (Fsp3) is 0.250. The summed E-state index contributed by atoms with van der Waals surface area (Å²) in [6.07, 6.45) is -1.62. The van der Waals surface area contributed by atoms with Gasteiger partial charge in [-0.3, -0.25) is 4.79 Å². The maximum absolute atomic E-state index is 11.3. The fourth-order valence-electron chi connectivity index (χ4n) is 0.800. The fourth-order valence-corrected chi connectivity index (χ4v) is 1.11. The summed E-state index contributed by atoms with van der Waals surface area (Å²) in [7, 11) is 0. The van der Waals surface area contributed by atoms with Gasteiger partial charge in [-0.05, 0) is 28.1 Å². The van der Waals surface area contributed by atoms with Crippen molar-refractivity contribution in [2.45, 2.75) is 6.10 Å². The molecule has 15 heavy (non-hydrogen) atoms. The molecule has 0 unspecified atom stereocenters. The van der Waals surface area contributed by atoms with Crippen molar-refractivity contribution in [3.8, 4) is 0 Å². The van der Waals surface area contributed by atoms with Crippen LogP contribution in [0.15, 0.2) is 21.2 Å². The summed E-state index contributed by atoms with van der Waals surface area (Å²) in [6.45, 7) is -0.369. The first-order valence-corrected chi connectivity index (χ1v) is 4.74. The summed E-state index contributed by atoms with van der Waals surface area (Å²) in [5, 5.41) is 19.4. The van der Waals surface area contributed by atoms with Gasteiger partial charge in [0.25, 0.3) is 5.91 Å². The van der Waals surface area contributed by atoms with E-state index in [1.807, 2.05) is 0 Å². The maximum atomic E-state index is 11.3. The van der Waals surface area contributed by atoms with Gasteiger partial charge in [0, 0.05) is 0 Å². The molecular formula is C8H8BrNO5. The van der Waals surface area contributed by atoms with E-state index in [9.17, 15) is 9.59 Å². The summed E-state index contributed by atoms with van der Waals surface area (Å²) in [5.74, 6) is -1.93. The summed E-state index contributed by atoms with van der Waals surface area (Å²) >= 11 is 3.01. The molecular weight excluding hydrogens is 270 g/mol. The lowest BCUT2D eigenvalue weighted by atomic mass is 10.3. The minimum absolute atomic E-state index is 0.0412. The molecule has 0 radical (unpaired) electrons. The van der Waals surface area contributed by atoms with Crippen LogP contribution >= 0.6 is 15.9 Å². The number of rotatable bonds is 4. The summed E-state index contributed by atoms with van der Waals surface area (Å²) in [5.41, 5.74) is 0. The molecule has 0 saturated carbocycles. The van der Waals surface area contributed by atoms with Gasteiger partial charge in [-0.1, -0.05) is 0 Å². The number of carboxylic acids is 1. The van der Waals surface area contributed by atoms with Gasteiger partial charge in [-0.2, -0.15) is 0 Å². The number of furan rings is 1. The van der Waals surface area contributed by atoms with Gasteiger partial charge in [0.2, 0.25) is 0 Å². The van der Waals surface area contributed by atoms with E-state index in [-0.39, 0.29) is 12.3 Å². The van der Waals surface area contributed by atoms with E-state index >= 15 is 0 Å². The van der Waals surface area contributed by atoms with Crippen molar-refractivity contribution in [2.75, 3.05) is 6.54 Å². The highest BCUT2D eigenvalue weighted by atomic mass is 79.9. The normalized spacial score (nSPS) is 12.1. The lowest BCUT2D eigenvalue weighted by Gasteiger charge is -2.05. The Labute approximate surface area is 93.0 Å². The van der Waals surface area contributed by atoms with Gasteiger partial charge in [0.15, 0.2) is 16.5 Å². The van der Waals surface area contributed by atoms with Gasteiger partial charge < -0.3 is 19.9 Å². The number of carbonyl (C=O) groups excluding carboxylic acids is 1. The highest BCUT2D eigenvalue weighted by Crippen LogP contribution is 2.13. The number of aliphatic carboxylic acids is 1. The summed E-state index contributed by atoms with van der Waals surface area (Å²) in [4.78, 5) is 21.5.